The second-order valence-corrected chi connectivity index (χ2v) is 7.77. The summed E-state index contributed by atoms with van der Waals surface area (Å²) in [6.07, 6.45) is 3.17. The third-order valence-electron chi connectivity index (χ3n) is 4.80. The number of fused-ring (bicyclic) bond motifs is 1. The highest BCUT2D eigenvalue weighted by Gasteiger charge is 2.22. The molecule has 0 atom stereocenters. The van der Waals surface area contributed by atoms with Crippen molar-refractivity contribution in [1.82, 2.24) is 15.2 Å². The van der Waals surface area contributed by atoms with Crippen molar-refractivity contribution in [3.8, 4) is 10.8 Å². The first-order valence-corrected chi connectivity index (χ1v) is 10.0. The summed E-state index contributed by atoms with van der Waals surface area (Å²) >= 11 is 1.57. The topological polar surface area (TPSA) is 58.4 Å². The molecular weight excluding hydrogens is 346 g/mol. The SMILES string of the molecule is CCCN1CCC(NC(=O)c2ccc(-c3nc4ccccc4s3)o2)CC1. The summed E-state index contributed by atoms with van der Waals surface area (Å²) in [6, 6.07) is 11.8. The highest BCUT2D eigenvalue weighted by Crippen LogP contribution is 2.31. The van der Waals surface area contributed by atoms with Crippen LogP contribution < -0.4 is 5.32 Å². The number of nitrogens with one attached hydrogen (secondary N) is 1. The van der Waals surface area contributed by atoms with Gasteiger partial charge in [0.25, 0.3) is 5.91 Å². The van der Waals surface area contributed by atoms with Crippen molar-refractivity contribution in [3.05, 3.63) is 42.2 Å². The molecular formula is C20H23N3O2S. The Bertz CT molecular complexity index is 860. The zero-order valence-corrected chi connectivity index (χ0v) is 15.7. The van der Waals surface area contributed by atoms with Crippen LogP contribution in [-0.4, -0.2) is 41.5 Å². The molecule has 6 heteroatoms. The number of furan rings is 1. The summed E-state index contributed by atoms with van der Waals surface area (Å²) in [7, 11) is 0. The Balaban J connectivity index is 1.40. The van der Waals surface area contributed by atoms with E-state index < -0.39 is 0 Å². The maximum Gasteiger partial charge on any atom is 0.287 e. The van der Waals surface area contributed by atoms with Crippen LogP contribution in [0.5, 0.6) is 0 Å². The molecule has 0 unspecified atom stereocenters. The summed E-state index contributed by atoms with van der Waals surface area (Å²) < 4.78 is 6.90. The molecule has 1 N–H and O–H groups in total. The van der Waals surface area contributed by atoms with Gasteiger partial charge in [0.05, 0.1) is 10.2 Å². The van der Waals surface area contributed by atoms with Crippen LogP contribution in [0, 0.1) is 0 Å². The summed E-state index contributed by atoms with van der Waals surface area (Å²) in [6.45, 7) is 5.44. The van der Waals surface area contributed by atoms with Crippen LogP contribution in [0.4, 0.5) is 0 Å². The van der Waals surface area contributed by atoms with Gasteiger partial charge in [0.15, 0.2) is 16.5 Å². The Hall–Kier alpha value is -2.18. The second-order valence-electron chi connectivity index (χ2n) is 6.74. The molecule has 0 spiro atoms. The number of likely N-dealkylation sites (tertiary alicyclic amines) is 1. The number of para-hydroxylation sites is 1. The first-order chi connectivity index (χ1) is 12.7. The number of hydrogen-bond donors (Lipinski definition) is 1. The maximum absolute atomic E-state index is 12.5. The molecule has 0 aliphatic carbocycles. The van der Waals surface area contributed by atoms with Gasteiger partial charge in [-0.05, 0) is 50.1 Å². The predicted octanol–water partition coefficient (Wildman–Crippen LogP) is 4.16. The Morgan fingerprint density at radius 2 is 2.08 bits per heavy atom. The van der Waals surface area contributed by atoms with E-state index in [1.54, 1.807) is 17.4 Å². The number of carbonyl (C=O) groups excluding carboxylic acids is 1. The van der Waals surface area contributed by atoms with Crippen LogP contribution in [0.1, 0.15) is 36.7 Å². The van der Waals surface area contributed by atoms with Gasteiger partial charge in [-0.15, -0.1) is 11.3 Å². The lowest BCUT2D eigenvalue weighted by atomic mass is 10.0. The number of benzene rings is 1. The minimum absolute atomic E-state index is 0.133. The van der Waals surface area contributed by atoms with E-state index in [9.17, 15) is 4.79 Å². The molecule has 0 radical (unpaired) electrons. The lowest BCUT2D eigenvalue weighted by Gasteiger charge is -2.31. The van der Waals surface area contributed by atoms with Crippen molar-refractivity contribution >= 4 is 27.5 Å². The average molecular weight is 369 g/mol. The smallest absolute Gasteiger partial charge is 0.287 e. The maximum atomic E-state index is 12.5. The largest absolute Gasteiger partial charge is 0.448 e. The number of piperidine rings is 1. The standard InChI is InChI=1S/C20H23N3O2S/c1-2-11-23-12-9-14(10-13-23)21-19(24)16-7-8-17(25-16)20-22-15-5-3-4-6-18(15)26-20/h3-8,14H,2,9-13H2,1H3,(H,21,24). The first kappa shape index (κ1) is 17.2. The molecule has 5 nitrogen and oxygen atoms in total. The molecule has 4 rings (SSSR count). The highest BCUT2D eigenvalue weighted by atomic mass is 32.1. The number of carbonyl (C=O) groups is 1. The van der Waals surface area contributed by atoms with E-state index in [1.165, 1.54) is 6.42 Å². The summed E-state index contributed by atoms with van der Waals surface area (Å²) in [5.74, 6) is 0.871. The number of aromatic nitrogens is 1. The molecule has 3 heterocycles. The lowest BCUT2D eigenvalue weighted by Crippen LogP contribution is -2.44. The van der Waals surface area contributed by atoms with Gasteiger partial charge < -0.3 is 14.6 Å². The minimum Gasteiger partial charge on any atom is -0.448 e. The van der Waals surface area contributed by atoms with Gasteiger partial charge in [-0.2, -0.15) is 0 Å². The summed E-state index contributed by atoms with van der Waals surface area (Å²) in [5, 5.41) is 3.92. The van der Waals surface area contributed by atoms with Crippen LogP contribution in [0.3, 0.4) is 0 Å². The molecule has 0 saturated carbocycles. The summed E-state index contributed by atoms with van der Waals surface area (Å²) in [5.41, 5.74) is 0.953. The fraction of sp³-hybridized carbons (Fsp3) is 0.400. The number of rotatable bonds is 5. The van der Waals surface area contributed by atoms with E-state index in [0.717, 1.165) is 47.7 Å². The van der Waals surface area contributed by atoms with Crippen molar-refractivity contribution in [3.63, 3.8) is 0 Å². The third-order valence-corrected chi connectivity index (χ3v) is 5.85. The molecule has 26 heavy (non-hydrogen) atoms. The van der Waals surface area contributed by atoms with Crippen molar-refractivity contribution in [2.75, 3.05) is 19.6 Å². The quantitative estimate of drug-likeness (QED) is 0.734. The zero-order chi connectivity index (χ0) is 17.9. The monoisotopic (exact) mass is 369 g/mol. The molecule has 1 amide bonds. The van der Waals surface area contributed by atoms with Crippen LogP contribution in [0.25, 0.3) is 21.0 Å². The zero-order valence-electron chi connectivity index (χ0n) is 14.9. The van der Waals surface area contributed by atoms with Crippen LogP contribution in [0.15, 0.2) is 40.8 Å². The van der Waals surface area contributed by atoms with Crippen molar-refractivity contribution in [2.45, 2.75) is 32.2 Å². The highest BCUT2D eigenvalue weighted by molar-refractivity contribution is 7.21. The molecule has 1 saturated heterocycles. The van der Waals surface area contributed by atoms with Gasteiger partial charge >= 0.3 is 0 Å². The molecule has 136 valence electrons. The van der Waals surface area contributed by atoms with E-state index in [1.807, 2.05) is 30.3 Å². The Morgan fingerprint density at radius 1 is 1.27 bits per heavy atom. The number of amides is 1. The average Bonchev–Trinajstić information content (AvgIpc) is 3.30. The van der Waals surface area contributed by atoms with Gasteiger partial charge in [0.2, 0.25) is 0 Å². The van der Waals surface area contributed by atoms with E-state index in [4.69, 9.17) is 4.42 Å². The molecule has 0 bridgehead atoms. The number of thiazole rings is 1. The summed E-state index contributed by atoms with van der Waals surface area (Å²) in [4.78, 5) is 19.5. The van der Waals surface area contributed by atoms with Gasteiger partial charge in [0, 0.05) is 19.1 Å². The van der Waals surface area contributed by atoms with Gasteiger partial charge in [0.1, 0.15) is 0 Å². The van der Waals surface area contributed by atoms with E-state index in [0.29, 0.717) is 11.5 Å². The van der Waals surface area contributed by atoms with Gasteiger partial charge in [-0.1, -0.05) is 19.1 Å². The first-order valence-electron chi connectivity index (χ1n) is 9.22. The number of hydrogen-bond acceptors (Lipinski definition) is 5. The lowest BCUT2D eigenvalue weighted by molar-refractivity contribution is 0.0884. The van der Waals surface area contributed by atoms with Crippen LogP contribution in [0.2, 0.25) is 0 Å². The molecule has 1 fully saturated rings. The fourth-order valence-electron chi connectivity index (χ4n) is 3.43. The van der Waals surface area contributed by atoms with Crippen LogP contribution >= 0.6 is 11.3 Å². The van der Waals surface area contributed by atoms with Crippen LogP contribution in [-0.2, 0) is 0 Å². The Morgan fingerprint density at radius 3 is 2.85 bits per heavy atom. The van der Waals surface area contributed by atoms with Crippen molar-refractivity contribution in [1.29, 1.82) is 0 Å². The fourth-order valence-corrected chi connectivity index (χ4v) is 4.35. The molecule has 1 aliphatic rings. The van der Waals surface area contributed by atoms with Gasteiger partial charge in [-0.25, -0.2) is 4.98 Å². The molecule has 2 aromatic heterocycles. The molecule has 1 aromatic carbocycles. The van der Waals surface area contributed by atoms with Crippen molar-refractivity contribution < 1.29 is 9.21 Å². The second kappa shape index (κ2) is 7.60. The minimum atomic E-state index is -0.133. The molecule has 1 aliphatic heterocycles. The van der Waals surface area contributed by atoms with E-state index in [-0.39, 0.29) is 11.9 Å². The van der Waals surface area contributed by atoms with Crippen molar-refractivity contribution in [2.24, 2.45) is 0 Å². The Kier molecular flexibility index (Phi) is 5.04. The Labute approximate surface area is 157 Å². The predicted molar refractivity (Wildman–Crippen MR) is 105 cm³/mol. The normalized spacial score (nSPS) is 16.2. The van der Waals surface area contributed by atoms with Gasteiger partial charge in [-0.3, -0.25) is 4.79 Å². The third kappa shape index (κ3) is 3.66. The van der Waals surface area contributed by atoms with E-state index >= 15 is 0 Å². The van der Waals surface area contributed by atoms with E-state index in [2.05, 4.69) is 22.1 Å². The number of nitrogens with zero attached hydrogens (tertiary/aromatic N) is 2. The molecule has 3 aromatic rings.